The fourth-order valence-electron chi connectivity index (χ4n) is 2.55. The van der Waals surface area contributed by atoms with Crippen molar-refractivity contribution in [2.75, 3.05) is 24.5 Å². The second-order valence-electron chi connectivity index (χ2n) is 5.35. The average molecular weight is 312 g/mol. The summed E-state index contributed by atoms with van der Waals surface area (Å²) in [6.07, 6.45) is 1.22. The van der Waals surface area contributed by atoms with Crippen LogP contribution < -0.4 is 4.90 Å². The maximum atomic E-state index is 12.3. The summed E-state index contributed by atoms with van der Waals surface area (Å²) < 4.78 is 0. The lowest BCUT2D eigenvalue weighted by Crippen LogP contribution is -2.50. The fraction of sp³-hybridized carbons (Fsp3) is 0.250. The number of hydrogen-bond acceptors (Lipinski definition) is 5. The first kappa shape index (κ1) is 15.0. The van der Waals surface area contributed by atoms with Gasteiger partial charge in [-0.3, -0.25) is 14.9 Å². The van der Waals surface area contributed by atoms with Gasteiger partial charge in [0, 0.05) is 25.7 Å². The molecule has 0 saturated carbocycles. The molecule has 1 aliphatic heterocycles. The zero-order valence-electron chi connectivity index (χ0n) is 12.5. The zero-order chi connectivity index (χ0) is 16.2. The zero-order valence-corrected chi connectivity index (χ0v) is 12.5. The minimum absolute atomic E-state index is 0.0280. The van der Waals surface area contributed by atoms with Gasteiger partial charge in [-0.2, -0.15) is 0 Å². The standard InChI is InChI=1S/C16H16N4O3/c21-16-12-18(15-7-6-14(10-17-15)20(22)23)8-9-19(16)11-13-4-2-1-3-5-13/h1-7,10H,8-9,11-12H2. The van der Waals surface area contributed by atoms with Gasteiger partial charge in [-0.1, -0.05) is 30.3 Å². The van der Waals surface area contributed by atoms with E-state index in [1.807, 2.05) is 40.1 Å². The number of nitrogens with zero attached hydrogens (tertiary/aromatic N) is 4. The van der Waals surface area contributed by atoms with Crippen molar-refractivity contribution >= 4 is 17.4 Å². The van der Waals surface area contributed by atoms with Crippen LogP contribution in [0.3, 0.4) is 0 Å². The molecular formula is C16H16N4O3. The number of pyridine rings is 1. The molecule has 1 saturated heterocycles. The Hall–Kier alpha value is -2.96. The van der Waals surface area contributed by atoms with E-state index in [4.69, 9.17) is 0 Å². The van der Waals surface area contributed by atoms with E-state index in [9.17, 15) is 14.9 Å². The van der Waals surface area contributed by atoms with E-state index < -0.39 is 4.92 Å². The minimum atomic E-state index is -0.486. The number of piperazine rings is 1. The lowest BCUT2D eigenvalue weighted by atomic mass is 10.2. The highest BCUT2D eigenvalue weighted by Crippen LogP contribution is 2.18. The van der Waals surface area contributed by atoms with Crippen molar-refractivity contribution in [2.24, 2.45) is 0 Å². The number of amides is 1. The number of hydrogen-bond donors (Lipinski definition) is 0. The molecule has 3 rings (SSSR count). The van der Waals surface area contributed by atoms with Gasteiger partial charge in [0.1, 0.15) is 12.0 Å². The Morgan fingerprint density at radius 3 is 2.52 bits per heavy atom. The molecule has 1 aromatic carbocycles. The Morgan fingerprint density at radius 1 is 1.13 bits per heavy atom. The average Bonchev–Trinajstić information content (AvgIpc) is 2.58. The van der Waals surface area contributed by atoms with Gasteiger partial charge in [0.15, 0.2) is 0 Å². The van der Waals surface area contributed by atoms with Crippen LogP contribution in [-0.4, -0.2) is 40.3 Å². The second-order valence-corrected chi connectivity index (χ2v) is 5.35. The van der Waals surface area contributed by atoms with Gasteiger partial charge in [-0.25, -0.2) is 4.98 Å². The Labute approximate surface area is 133 Å². The molecule has 0 N–H and O–H groups in total. The Morgan fingerprint density at radius 2 is 1.91 bits per heavy atom. The van der Waals surface area contributed by atoms with Crippen LogP contribution in [0.15, 0.2) is 48.7 Å². The van der Waals surface area contributed by atoms with Gasteiger partial charge in [0.05, 0.1) is 11.5 Å². The summed E-state index contributed by atoms with van der Waals surface area (Å²) >= 11 is 0. The van der Waals surface area contributed by atoms with Crippen LogP contribution in [0.1, 0.15) is 5.56 Å². The van der Waals surface area contributed by atoms with Gasteiger partial charge in [-0.15, -0.1) is 0 Å². The summed E-state index contributed by atoms with van der Waals surface area (Å²) in [6, 6.07) is 12.8. The third-order valence-corrected chi connectivity index (χ3v) is 3.80. The van der Waals surface area contributed by atoms with Crippen LogP contribution in [0.5, 0.6) is 0 Å². The van der Waals surface area contributed by atoms with Crippen LogP contribution in [-0.2, 0) is 11.3 Å². The first-order valence-corrected chi connectivity index (χ1v) is 7.30. The maximum absolute atomic E-state index is 12.3. The molecule has 0 unspecified atom stereocenters. The van der Waals surface area contributed by atoms with Gasteiger partial charge in [0.25, 0.3) is 5.69 Å². The normalized spacial score (nSPS) is 14.9. The highest BCUT2D eigenvalue weighted by atomic mass is 16.6. The lowest BCUT2D eigenvalue weighted by Gasteiger charge is -2.35. The van der Waals surface area contributed by atoms with Crippen molar-refractivity contribution in [1.29, 1.82) is 0 Å². The Balaban J connectivity index is 1.64. The highest BCUT2D eigenvalue weighted by Gasteiger charge is 2.25. The van der Waals surface area contributed by atoms with Crippen molar-refractivity contribution in [3.63, 3.8) is 0 Å². The molecular weight excluding hydrogens is 296 g/mol. The molecule has 1 aliphatic rings. The molecule has 2 aromatic rings. The van der Waals surface area contributed by atoms with E-state index >= 15 is 0 Å². The minimum Gasteiger partial charge on any atom is -0.346 e. The first-order valence-electron chi connectivity index (χ1n) is 7.30. The van der Waals surface area contributed by atoms with Crippen LogP contribution in [0, 0.1) is 10.1 Å². The molecule has 23 heavy (non-hydrogen) atoms. The predicted molar refractivity (Wildman–Crippen MR) is 85.0 cm³/mol. The Bertz CT molecular complexity index is 703. The molecule has 0 aliphatic carbocycles. The summed E-state index contributed by atoms with van der Waals surface area (Å²) in [5.74, 6) is 0.614. The largest absolute Gasteiger partial charge is 0.346 e. The van der Waals surface area contributed by atoms with Crippen LogP contribution in [0.4, 0.5) is 11.5 Å². The summed E-state index contributed by atoms with van der Waals surface area (Å²) in [5, 5.41) is 10.6. The summed E-state index contributed by atoms with van der Waals surface area (Å²) in [6.45, 7) is 2.09. The number of benzene rings is 1. The maximum Gasteiger partial charge on any atom is 0.287 e. The van der Waals surface area contributed by atoms with Gasteiger partial charge in [0.2, 0.25) is 5.91 Å². The van der Waals surface area contributed by atoms with Crippen molar-refractivity contribution in [2.45, 2.75) is 6.54 Å². The van der Waals surface area contributed by atoms with Crippen LogP contribution in [0.2, 0.25) is 0 Å². The van der Waals surface area contributed by atoms with E-state index in [0.717, 1.165) is 5.56 Å². The molecule has 0 atom stereocenters. The molecule has 7 nitrogen and oxygen atoms in total. The number of carbonyl (C=O) groups excluding carboxylic acids is 1. The fourth-order valence-corrected chi connectivity index (χ4v) is 2.55. The van der Waals surface area contributed by atoms with Gasteiger partial charge < -0.3 is 9.80 Å². The number of aromatic nitrogens is 1. The van der Waals surface area contributed by atoms with E-state index in [-0.39, 0.29) is 18.1 Å². The van der Waals surface area contributed by atoms with Crippen molar-refractivity contribution in [3.05, 3.63) is 64.3 Å². The molecule has 118 valence electrons. The van der Waals surface area contributed by atoms with E-state index in [1.165, 1.54) is 12.3 Å². The Kier molecular flexibility index (Phi) is 4.18. The van der Waals surface area contributed by atoms with Gasteiger partial charge >= 0.3 is 0 Å². The third-order valence-electron chi connectivity index (χ3n) is 3.80. The summed E-state index contributed by atoms with van der Waals surface area (Å²) in [7, 11) is 0. The number of nitro groups is 1. The van der Waals surface area contributed by atoms with E-state index in [1.54, 1.807) is 6.07 Å². The SMILES string of the molecule is O=C1CN(c2ccc([N+](=O)[O-])cn2)CCN1Cc1ccccc1. The molecule has 1 amide bonds. The number of anilines is 1. The molecule has 0 radical (unpaired) electrons. The third kappa shape index (κ3) is 3.45. The lowest BCUT2D eigenvalue weighted by molar-refractivity contribution is -0.385. The van der Waals surface area contributed by atoms with Crippen molar-refractivity contribution in [1.82, 2.24) is 9.88 Å². The monoisotopic (exact) mass is 312 g/mol. The molecule has 2 heterocycles. The van der Waals surface area contributed by atoms with Crippen molar-refractivity contribution < 1.29 is 9.72 Å². The summed E-state index contributed by atoms with van der Waals surface area (Å²) in [4.78, 5) is 30.2. The van der Waals surface area contributed by atoms with E-state index in [0.29, 0.717) is 25.5 Å². The molecule has 0 spiro atoms. The van der Waals surface area contributed by atoms with Crippen LogP contribution in [0.25, 0.3) is 0 Å². The molecule has 1 fully saturated rings. The van der Waals surface area contributed by atoms with Gasteiger partial charge in [-0.05, 0) is 11.6 Å². The highest BCUT2D eigenvalue weighted by molar-refractivity contribution is 5.82. The first-order chi connectivity index (χ1) is 11.1. The molecule has 1 aromatic heterocycles. The van der Waals surface area contributed by atoms with E-state index in [2.05, 4.69) is 4.98 Å². The topological polar surface area (TPSA) is 79.6 Å². The number of rotatable bonds is 4. The predicted octanol–water partition coefficient (Wildman–Crippen LogP) is 1.84. The van der Waals surface area contributed by atoms with Crippen molar-refractivity contribution in [3.8, 4) is 0 Å². The smallest absolute Gasteiger partial charge is 0.287 e. The second kappa shape index (κ2) is 6.43. The summed E-state index contributed by atoms with van der Waals surface area (Å²) in [5.41, 5.74) is 1.05. The quantitative estimate of drug-likeness (QED) is 0.636. The molecule has 0 bridgehead atoms. The van der Waals surface area contributed by atoms with Crippen LogP contribution >= 0.6 is 0 Å². The molecule has 7 heteroatoms. The number of carbonyl (C=O) groups is 1.